The second kappa shape index (κ2) is 11.9. The maximum Gasteiger partial charge on any atom is 0.417 e. The van der Waals surface area contributed by atoms with E-state index in [1.54, 1.807) is 12.1 Å². The molecule has 0 saturated carbocycles. The molecule has 0 aliphatic heterocycles. The molecule has 2 heterocycles. The fourth-order valence-electron chi connectivity index (χ4n) is 4.37. The summed E-state index contributed by atoms with van der Waals surface area (Å²) in [5.74, 6) is -3.83. The quantitative estimate of drug-likeness (QED) is 0.253. The fraction of sp³-hybridized carbons (Fsp3) is 0.207. The average molecular weight is 575 g/mol. The lowest BCUT2D eigenvalue weighted by Crippen LogP contribution is -2.35. The lowest BCUT2D eigenvalue weighted by Gasteiger charge is -2.24. The van der Waals surface area contributed by atoms with Crippen LogP contribution in [0, 0.1) is 17.5 Å². The molecule has 0 radical (unpaired) electrons. The van der Waals surface area contributed by atoms with Crippen LogP contribution in [0.25, 0.3) is 11.1 Å². The summed E-state index contributed by atoms with van der Waals surface area (Å²) in [7, 11) is 1.34. The normalized spacial score (nSPS) is 13.0. The van der Waals surface area contributed by atoms with Crippen LogP contribution in [0.1, 0.15) is 46.2 Å². The van der Waals surface area contributed by atoms with Gasteiger partial charge in [-0.3, -0.25) is 14.6 Å². The van der Waals surface area contributed by atoms with E-state index in [1.165, 1.54) is 32.3 Å². The summed E-state index contributed by atoms with van der Waals surface area (Å²) in [4.78, 5) is 29.9. The van der Waals surface area contributed by atoms with Crippen molar-refractivity contribution >= 4 is 11.8 Å². The Bertz CT molecular complexity index is 1560. The molecule has 41 heavy (non-hydrogen) atoms. The topological polar surface area (TPSA) is 76.0 Å². The summed E-state index contributed by atoms with van der Waals surface area (Å²) in [5, 5.41) is 5.09. The van der Waals surface area contributed by atoms with Gasteiger partial charge in [-0.15, -0.1) is 0 Å². The van der Waals surface area contributed by atoms with Gasteiger partial charge < -0.3 is 15.2 Å². The highest BCUT2D eigenvalue weighted by atomic mass is 19.4. The van der Waals surface area contributed by atoms with Crippen LogP contribution in [0.5, 0.6) is 0 Å². The molecule has 0 bridgehead atoms. The molecule has 2 aromatic heterocycles. The summed E-state index contributed by atoms with van der Waals surface area (Å²) >= 11 is 0. The number of hydrogen-bond donors (Lipinski definition) is 2. The molecule has 6 nitrogen and oxygen atoms in total. The van der Waals surface area contributed by atoms with Crippen LogP contribution in [0.4, 0.5) is 26.3 Å². The molecule has 2 N–H and O–H groups in total. The van der Waals surface area contributed by atoms with Crippen LogP contribution >= 0.6 is 0 Å². The smallest absolute Gasteiger partial charge is 0.355 e. The second-order valence-corrected chi connectivity index (χ2v) is 9.27. The van der Waals surface area contributed by atoms with Gasteiger partial charge in [0.1, 0.15) is 23.5 Å². The molecule has 2 aromatic carbocycles. The Morgan fingerprint density at radius 3 is 2.34 bits per heavy atom. The van der Waals surface area contributed by atoms with Crippen LogP contribution < -0.4 is 10.6 Å². The van der Waals surface area contributed by atoms with Crippen molar-refractivity contribution in [3.63, 3.8) is 0 Å². The van der Waals surface area contributed by atoms with Crippen molar-refractivity contribution in [3.8, 4) is 11.1 Å². The Balaban J connectivity index is 1.75. The molecule has 2 atom stereocenters. The molecule has 0 spiro atoms. The van der Waals surface area contributed by atoms with Gasteiger partial charge in [0, 0.05) is 37.3 Å². The molecule has 2 amide bonds. The highest BCUT2D eigenvalue weighted by Gasteiger charge is 2.32. The fourth-order valence-corrected chi connectivity index (χ4v) is 4.37. The number of benzene rings is 2. The van der Waals surface area contributed by atoms with E-state index in [2.05, 4.69) is 15.6 Å². The number of halogens is 6. The van der Waals surface area contributed by atoms with Gasteiger partial charge in [0.2, 0.25) is 5.91 Å². The van der Waals surface area contributed by atoms with Gasteiger partial charge in [-0.25, -0.2) is 13.2 Å². The lowest BCUT2D eigenvalue weighted by molar-refractivity contribution is -0.137. The first-order valence-corrected chi connectivity index (χ1v) is 12.3. The zero-order valence-corrected chi connectivity index (χ0v) is 21.8. The maximum atomic E-state index is 14.4. The number of carbonyl (C=O) groups excluding carboxylic acids is 2. The molecule has 12 heteroatoms. The average Bonchev–Trinajstić information content (AvgIpc) is 3.43. The zero-order chi connectivity index (χ0) is 29.9. The summed E-state index contributed by atoms with van der Waals surface area (Å²) in [5.41, 5.74) is -0.0366. The number of nitrogens with one attached hydrogen (secondary N) is 2. The van der Waals surface area contributed by atoms with Gasteiger partial charge in [-0.2, -0.15) is 13.2 Å². The highest BCUT2D eigenvalue weighted by Crippen LogP contribution is 2.32. The standard InChI is InChI=1S/C29H24F6N4O2/c1-16(39-9-7-19(15-39)29(33,34)35)27(40)38-25(12-17-10-20(30)14-21(31)11-17)26-22(4-3-8-37-26)18-5-6-24(32)23(13-18)28(41)36-2/h3-11,13-16,25H,12H2,1-2H3,(H,36,41)(H,38,40)/t16?,25-/m0/s1. The predicted octanol–water partition coefficient (Wildman–Crippen LogP) is 6.01. The Morgan fingerprint density at radius 2 is 1.71 bits per heavy atom. The Morgan fingerprint density at radius 1 is 1.00 bits per heavy atom. The van der Waals surface area contributed by atoms with Crippen LogP contribution in [-0.2, 0) is 17.4 Å². The number of pyridine rings is 1. The molecule has 0 aliphatic carbocycles. The van der Waals surface area contributed by atoms with Gasteiger partial charge in [0.15, 0.2) is 0 Å². The van der Waals surface area contributed by atoms with E-state index in [0.29, 0.717) is 17.2 Å². The Kier molecular flexibility index (Phi) is 8.50. The maximum absolute atomic E-state index is 14.4. The Hall–Kier alpha value is -4.61. The van der Waals surface area contributed by atoms with Gasteiger partial charge in [0.05, 0.1) is 22.9 Å². The predicted molar refractivity (Wildman–Crippen MR) is 138 cm³/mol. The van der Waals surface area contributed by atoms with Crippen molar-refractivity contribution in [2.45, 2.75) is 31.6 Å². The molecule has 1 unspecified atom stereocenters. The van der Waals surface area contributed by atoms with E-state index in [-0.39, 0.29) is 23.2 Å². The summed E-state index contributed by atoms with van der Waals surface area (Å²) in [6, 6.07) is 8.54. The molecule has 0 aliphatic rings. The first kappa shape index (κ1) is 29.4. The summed E-state index contributed by atoms with van der Waals surface area (Å²) in [6.07, 6.45) is -1.42. The van der Waals surface area contributed by atoms with Crippen molar-refractivity contribution in [2.24, 2.45) is 0 Å². The molecule has 0 saturated heterocycles. The van der Waals surface area contributed by atoms with Crippen molar-refractivity contribution < 1.29 is 35.9 Å². The number of alkyl halides is 3. The molecular weight excluding hydrogens is 550 g/mol. The third-order valence-electron chi connectivity index (χ3n) is 6.46. The minimum atomic E-state index is -4.60. The number of rotatable bonds is 8. The first-order valence-electron chi connectivity index (χ1n) is 12.3. The van der Waals surface area contributed by atoms with E-state index in [4.69, 9.17) is 0 Å². The number of nitrogens with zero attached hydrogens (tertiary/aromatic N) is 2. The third kappa shape index (κ3) is 6.76. The van der Waals surface area contributed by atoms with Crippen LogP contribution in [-0.4, -0.2) is 28.4 Å². The van der Waals surface area contributed by atoms with E-state index < -0.39 is 53.1 Å². The molecular formula is C29H24F6N4O2. The molecule has 4 rings (SSSR count). The third-order valence-corrected chi connectivity index (χ3v) is 6.46. The Labute approximate surface area is 231 Å². The van der Waals surface area contributed by atoms with Gasteiger partial charge in [-0.05, 0) is 60.9 Å². The minimum Gasteiger partial charge on any atom is -0.355 e. The van der Waals surface area contributed by atoms with Crippen molar-refractivity contribution in [1.82, 2.24) is 20.2 Å². The summed E-state index contributed by atoms with van der Waals surface area (Å²) in [6.45, 7) is 1.39. The lowest BCUT2D eigenvalue weighted by atomic mass is 9.94. The van der Waals surface area contributed by atoms with Gasteiger partial charge in [0.25, 0.3) is 5.91 Å². The second-order valence-electron chi connectivity index (χ2n) is 9.27. The van der Waals surface area contributed by atoms with Crippen molar-refractivity contribution in [1.29, 1.82) is 0 Å². The van der Waals surface area contributed by atoms with E-state index in [0.717, 1.165) is 41.2 Å². The SMILES string of the molecule is CNC(=O)c1cc(-c2cccnc2[C@H](Cc2cc(F)cc(F)c2)NC(=O)C(C)n2ccc(C(F)(F)F)c2)ccc1F. The number of amides is 2. The van der Waals surface area contributed by atoms with Crippen LogP contribution in [0.15, 0.2) is 73.2 Å². The summed E-state index contributed by atoms with van der Waals surface area (Å²) < 4.78 is 82.8. The molecule has 214 valence electrons. The van der Waals surface area contributed by atoms with E-state index >= 15 is 0 Å². The van der Waals surface area contributed by atoms with Gasteiger partial charge in [-0.1, -0.05) is 12.1 Å². The number of hydrogen-bond acceptors (Lipinski definition) is 3. The van der Waals surface area contributed by atoms with Crippen molar-refractivity contribution in [3.05, 3.63) is 113 Å². The number of carbonyl (C=O) groups is 2. The minimum absolute atomic E-state index is 0.153. The van der Waals surface area contributed by atoms with Gasteiger partial charge >= 0.3 is 6.18 Å². The molecule has 4 aromatic rings. The van der Waals surface area contributed by atoms with Crippen molar-refractivity contribution in [2.75, 3.05) is 7.05 Å². The monoisotopic (exact) mass is 574 g/mol. The van der Waals surface area contributed by atoms with Crippen LogP contribution in [0.3, 0.4) is 0 Å². The molecule has 0 fully saturated rings. The zero-order valence-electron chi connectivity index (χ0n) is 21.8. The highest BCUT2D eigenvalue weighted by molar-refractivity contribution is 5.95. The first-order chi connectivity index (χ1) is 19.4. The van der Waals surface area contributed by atoms with E-state index in [9.17, 15) is 35.9 Å². The van der Waals surface area contributed by atoms with E-state index in [1.807, 2.05) is 0 Å². The van der Waals surface area contributed by atoms with Crippen LogP contribution in [0.2, 0.25) is 0 Å². The largest absolute Gasteiger partial charge is 0.417 e. The number of aromatic nitrogens is 2.